The summed E-state index contributed by atoms with van der Waals surface area (Å²) in [7, 11) is 0. The fourth-order valence-corrected chi connectivity index (χ4v) is 3.20. The fourth-order valence-electron chi connectivity index (χ4n) is 2.50. The smallest absolute Gasteiger partial charge is 0.0450 e. The van der Waals surface area contributed by atoms with Crippen LogP contribution in [0.2, 0.25) is 0 Å². The zero-order chi connectivity index (χ0) is 14.5. The van der Waals surface area contributed by atoms with Crippen LogP contribution in [0, 0.1) is 10.5 Å². The van der Waals surface area contributed by atoms with E-state index < -0.39 is 0 Å². The molecule has 2 atom stereocenters. The van der Waals surface area contributed by atoms with Gasteiger partial charge in [-0.1, -0.05) is 38.1 Å². The second-order valence-electron chi connectivity index (χ2n) is 5.06. The summed E-state index contributed by atoms with van der Waals surface area (Å²) < 4.78 is 1.35. The van der Waals surface area contributed by atoms with Gasteiger partial charge in [0.1, 0.15) is 0 Å². The minimum Gasteiger partial charge on any atom is -0.310 e. The Morgan fingerprint density at radius 2 is 2.00 bits per heavy atom. The summed E-state index contributed by atoms with van der Waals surface area (Å²) in [5, 5.41) is 3.62. The van der Waals surface area contributed by atoms with Gasteiger partial charge in [0.2, 0.25) is 0 Å². The Labute approximate surface area is 135 Å². The molecule has 106 valence electrons. The van der Waals surface area contributed by atoms with Crippen LogP contribution in [0.4, 0.5) is 0 Å². The second kappa shape index (κ2) is 7.18. The number of hydrogen-bond acceptors (Lipinski definition) is 2. The van der Waals surface area contributed by atoms with Gasteiger partial charge < -0.3 is 5.32 Å². The first-order chi connectivity index (χ1) is 9.65. The maximum Gasteiger partial charge on any atom is 0.0450 e. The van der Waals surface area contributed by atoms with Crippen LogP contribution in [0.15, 0.2) is 42.6 Å². The van der Waals surface area contributed by atoms with Crippen LogP contribution < -0.4 is 5.32 Å². The number of benzene rings is 1. The van der Waals surface area contributed by atoms with E-state index in [1.54, 1.807) is 0 Å². The van der Waals surface area contributed by atoms with Gasteiger partial charge in [0.25, 0.3) is 0 Å². The Morgan fingerprint density at radius 3 is 2.65 bits per heavy atom. The largest absolute Gasteiger partial charge is 0.310 e. The molecule has 0 aliphatic heterocycles. The van der Waals surface area contributed by atoms with Gasteiger partial charge in [-0.2, -0.15) is 0 Å². The van der Waals surface area contributed by atoms with Crippen LogP contribution in [0.1, 0.15) is 42.6 Å². The third-order valence-electron chi connectivity index (χ3n) is 3.64. The van der Waals surface area contributed by atoms with Crippen molar-refractivity contribution >= 4 is 22.6 Å². The van der Waals surface area contributed by atoms with Crippen LogP contribution in [0.5, 0.6) is 0 Å². The molecule has 2 aromatic rings. The maximum absolute atomic E-state index is 4.52. The Balaban J connectivity index is 2.38. The van der Waals surface area contributed by atoms with Crippen molar-refractivity contribution in [3.63, 3.8) is 0 Å². The summed E-state index contributed by atoms with van der Waals surface area (Å²) in [6, 6.07) is 13.0. The first-order valence-electron chi connectivity index (χ1n) is 7.04. The Kier molecular flexibility index (Phi) is 5.54. The van der Waals surface area contributed by atoms with E-state index >= 15 is 0 Å². The Hall–Kier alpha value is -0.940. The minimum atomic E-state index is 0.293. The molecule has 0 amide bonds. The summed E-state index contributed by atoms with van der Waals surface area (Å²) in [6.45, 7) is 7.51. The third kappa shape index (κ3) is 3.38. The number of nitrogens with one attached hydrogen (secondary N) is 1. The van der Waals surface area contributed by atoms with Crippen LogP contribution in [0.3, 0.4) is 0 Å². The molecule has 0 bridgehead atoms. The van der Waals surface area contributed by atoms with E-state index in [1.807, 2.05) is 12.3 Å². The highest BCUT2D eigenvalue weighted by atomic mass is 127. The lowest BCUT2D eigenvalue weighted by atomic mass is 9.90. The van der Waals surface area contributed by atoms with Crippen molar-refractivity contribution in [1.29, 1.82) is 0 Å². The lowest BCUT2D eigenvalue weighted by Crippen LogP contribution is -2.27. The number of rotatable bonds is 5. The van der Waals surface area contributed by atoms with E-state index in [0.29, 0.717) is 12.0 Å². The first-order valence-corrected chi connectivity index (χ1v) is 8.12. The van der Waals surface area contributed by atoms with Crippen molar-refractivity contribution in [2.45, 2.75) is 32.7 Å². The van der Waals surface area contributed by atoms with Crippen molar-refractivity contribution in [3.05, 3.63) is 63.0 Å². The zero-order valence-corrected chi connectivity index (χ0v) is 14.4. The van der Waals surface area contributed by atoms with E-state index in [2.05, 4.69) is 84.0 Å². The van der Waals surface area contributed by atoms with Crippen LogP contribution in [-0.2, 0) is 0 Å². The van der Waals surface area contributed by atoms with Gasteiger partial charge >= 0.3 is 0 Å². The van der Waals surface area contributed by atoms with E-state index in [1.165, 1.54) is 14.7 Å². The van der Waals surface area contributed by atoms with Gasteiger partial charge in [-0.3, -0.25) is 4.98 Å². The number of aromatic nitrogens is 1. The average molecular weight is 380 g/mol. The predicted molar refractivity (Wildman–Crippen MR) is 93.0 cm³/mol. The van der Waals surface area contributed by atoms with Crippen molar-refractivity contribution in [1.82, 2.24) is 10.3 Å². The highest BCUT2D eigenvalue weighted by Crippen LogP contribution is 2.33. The molecule has 0 fully saturated rings. The van der Waals surface area contributed by atoms with E-state index in [-0.39, 0.29) is 0 Å². The quantitative estimate of drug-likeness (QED) is 0.776. The molecule has 0 spiro atoms. The van der Waals surface area contributed by atoms with Gasteiger partial charge in [-0.15, -0.1) is 0 Å². The standard InChI is InChI=1S/C17H21IN2/c1-4-19-17(13(3)15-10-5-6-11-20-15)14-9-7-8-12(2)16(14)18/h5-11,13,17,19H,4H2,1-3H3. The van der Waals surface area contributed by atoms with Gasteiger partial charge in [0, 0.05) is 27.4 Å². The van der Waals surface area contributed by atoms with Crippen LogP contribution >= 0.6 is 22.6 Å². The molecule has 0 saturated heterocycles. The topological polar surface area (TPSA) is 24.9 Å². The number of pyridine rings is 1. The molecule has 2 rings (SSSR count). The second-order valence-corrected chi connectivity index (χ2v) is 6.14. The normalized spacial score (nSPS) is 14.0. The molecule has 2 nitrogen and oxygen atoms in total. The molecule has 1 N–H and O–H groups in total. The number of nitrogens with zero attached hydrogens (tertiary/aromatic N) is 1. The molecule has 0 aliphatic carbocycles. The van der Waals surface area contributed by atoms with Crippen molar-refractivity contribution in [2.75, 3.05) is 6.54 Å². The molecule has 3 heteroatoms. The highest BCUT2D eigenvalue weighted by molar-refractivity contribution is 14.1. The molecule has 0 aliphatic rings. The monoisotopic (exact) mass is 380 g/mol. The van der Waals surface area contributed by atoms with E-state index in [0.717, 1.165) is 12.2 Å². The molecular weight excluding hydrogens is 359 g/mol. The summed E-state index contributed by atoms with van der Waals surface area (Å²) in [4.78, 5) is 4.52. The van der Waals surface area contributed by atoms with Crippen molar-refractivity contribution < 1.29 is 0 Å². The zero-order valence-electron chi connectivity index (χ0n) is 12.2. The Morgan fingerprint density at radius 1 is 1.20 bits per heavy atom. The molecule has 0 radical (unpaired) electrons. The summed E-state index contributed by atoms with van der Waals surface area (Å²) in [5.74, 6) is 0.339. The van der Waals surface area contributed by atoms with Crippen LogP contribution in [-0.4, -0.2) is 11.5 Å². The summed E-state index contributed by atoms with van der Waals surface area (Å²) in [5.41, 5.74) is 3.83. The highest BCUT2D eigenvalue weighted by Gasteiger charge is 2.23. The Bertz CT molecular complexity index is 554. The lowest BCUT2D eigenvalue weighted by molar-refractivity contribution is 0.470. The molecule has 20 heavy (non-hydrogen) atoms. The average Bonchev–Trinajstić information content (AvgIpc) is 2.48. The van der Waals surface area contributed by atoms with Crippen molar-refractivity contribution in [2.24, 2.45) is 0 Å². The van der Waals surface area contributed by atoms with E-state index in [9.17, 15) is 0 Å². The number of likely N-dealkylation sites (N-methyl/N-ethyl adjacent to an activating group) is 1. The molecule has 1 heterocycles. The number of aryl methyl sites for hydroxylation is 1. The molecular formula is C17H21IN2. The number of hydrogen-bond donors (Lipinski definition) is 1. The van der Waals surface area contributed by atoms with Gasteiger partial charge in [-0.25, -0.2) is 0 Å². The predicted octanol–water partition coefficient (Wildman–Crippen LogP) is 4.45. The fraction of sp³-hybridized carbons (Fsp3) is 0.353. The molecule has 1 aromatic carbocycles. The molecule has 0 saturated carbocycles. The lowest BCUT2D eigenvalue weighted by Gasteiger charge is -2.26. The molecule has 1 aromatic heterocycles. The van der Waals surface area contributed by atoms with Crippen molar-refractivity contribution in [3.8, 4) is 0 Å². The van der Waals surface area contributed by atoms with E-state index in [4.69, 9.17) is 0 Å². The van der Waals surface area contributed by atoms with Crippen LogP contribution in [0.25, 0.3) is 0 Å². The first kappa shape index (κ1) is 15.4. The van der Waals surface area contributed by atoms with Gasteiger partial charge in [-0.05, 0) is 59.3 Å². The summed E-state index contributed by atoms with van der Waals surface area (Å²) >= 11 is 2.45. The SMILES string of the molecule is CCNC(c1cccc(C)c1I)C(C)c1ccccn1. The third-order valence-corrected chi connectivity index (χ3v) is 5.11. The van der Waals surface area contributed by atoms with Gasteiger partial charge in [0.05, 0.1) is 0 Å². The number of halogens is 1. The molecule has 2 unspecified atom stereocenters. The summed E-state index contributed by atoms with van der Waals surface area (Å²) in [6.07, 6.45) is 1.87. The van der Waals surface area contributed by atoms with Gasteiger partial charge in [0.15, 0.2) is 0 Å². The maximum atomic E-state index is 4.52. The minimum absolute atomic E-state index is 0.293.